The number of hydrogen-bond acceptors (Lipinski definition) is 3. The number of alkyl halides is 3. The van der Waals surface area contributed by atoms with Gasteiger partial charge in [-0.1, -0.05) is 0 Å². The van der Waals surface area contributed by atoms with Gasteiger partial charge in [0.15, 0.2) is 5.69 Å². The lowest BCUT2D eigenvalue weighted by Gasteiger charge is -2.04. The highest BCUT2D eigenvalue weighted by atomic mass is 19.4. The number of aryl methyl sites for hydroxylation is 3. The maximum absolute atomic E-state index is 12.6. The Balaban J connectivity index is 2.43. The van der Waals surface area contributed by atoms with Crippen molar-refractivity contribution in [2.24, 2.45) is 7.05 Å². The van der Waals surface area contributed by atoms with Crippen molar-refractivity contribution in [2.75, 3.05) is 0 Å². The Morgan fingerprint density at radius 3 is 2.26 bits per heavy atom. The second-order valence-electron chi connectivity index (χ2n) is 4.18. The quantitative estimate of drug-likeness (QED) is 0.797. The lowest BCUT2D eigenvalue weighted by Crippen LogP contribution is -2.16. The van der Waals surface area contributed by atoms with E-state index in [-0.39, 0.29) is 5.69 Å². The average Bonchev–Trinajstić information content (AvgIpc) is 2.80. The van der Waals surface area contributed by atoms with Crippen LogP contribution >= 0.6 is 0 Å². The number of aromatic nitrogens is 4. The van der Waals surface area contributed by atoms with E-state index in [1.54, 1.807) is 19.9 Å². The summed E-state index contributed by atoms with van der Waals surface area (Å²) in [6.07, 6.45) is -4.55. The van der Waals surface area contributed by atoms with Gasteiger partial charge in [0, 0.05) is 18.8 Å². The molecule has 0 atom stereocenters. The fourth-order valence-electron chi connectivity index (χ4n) is 1.78. The molecule has 0 amide bonds. The molecular formula is C11H11F3N4O. The minimum Gasteiger partial charge on any atom is -0.265 e. The lowest BCUT2D eigenvalue weighted by atomic mass is 10.3. The van der Waals surface area contributed by atoms with Gasteiger partial charge in [0.2, 0.25) is 0 Å². The van der Waals surface area contributed by atoms with Crippen LogP contribution in [0.4, 0.5) is 13.2 Å². The summed E-state index contributed by atoms with van der Waals surface area (Å²) in [7, 11) is 1.14. The van der Waals surface area contributed by atoms with E-state index in [0.29, 0.717) is 16.1 Å². The first-order chi connectivity index (χ1) is 8.70. The molecule has 0 saturated heterocycles. The summed E-state index contributed by atoms with van der Waals surface area (Å²) in [6.45, 7) is 3.34. The molecule has 19 heavy (non-hydrogen) atoms. The zero-order valence-corrected chi connectivity index (χ0v) is 10.5. The number of halogens is 3. The van der Waals surface area contributed by atoms with E-state index in [1.165, 1.54) is 0 Å². The second-order valence-corrected chi connectivity index (χ2v) is 4.18. The molecule has 0 fully saturated rings. The summed E-state index contributed by atoms with van der Waals surface area (Å²) in [6, 6.07) is 2.38. The summed E-state index contributed by atoms with van der Waals surface area (Å²) in [5.41, 5.74) is -0.113. The fourth-order valence-corrected chi connectivity index (χ4v) is 1.78. The first kappa shape index (κ1) is 13.3. The molecule has 0 aliphatic carbocycles. The van der Waals surface area contributed by atoms with E-state index in [0.717, 1.165) is 17.8 Å². The Morgan fingerprint density at radius 2 is 1.84 bits per heavy atom. The van der Waals surface area contributed by atoms with Crippen molar-refractivity contribution in [3.05, 3.63) is 34.9 Å². The van der Waals surface area contributed by atoms with Crippen molar-refractivity contribution in [1.29, 1.82) is 0 Å². The standard InChI is InChI=1S/C11H11F3N4O/c1-6-4-7(2)18(15-6)10(19)8-5-9(11(12,13)14)17(3)16-8/h4-5H,1-3H3. The normalized spacial score (nSPS) is 11.9. The van der Waals surface area contributed by atoms with Crippen LogP contribution in [-0.4, -0.2) is 25.5 Å². The molecule has 2 rings (SSSR count). The predicted octanol–water partition coefficient (Wildman–Crippen LogP) is 1.94. The molecule has 5 nitrogen and oxygen atoms in total. The lowest BCUT2D eigenvalue weighted by molar-refractivity contribution is -0.143. The molecule has 0 N–H and O–H groups in total. The number of carbonyl (C=O) groups is 1. The first-order valence-corrected chi connectivity index (χ1v) is 5.39. The Kier molecular flexibility index (Phi) is 2.95. The van der Waals surface area contributed by atoms with Gasteiger partial charge in [-0.3, -0.25) is 9.48 Å². The monoisotopic (exact) mass is 272 g/mol. The van der Waals surface area contributed by atoms with Crippen molar-refractivity contribution < 1.29 is 18.0 Å². The van der Waals surface area contributed by atoms with E-state index in [9.17, 15) is 18.0 Å². The summed E-state index contributed by atoms with van der Waals surface area (Å²) in [5.74, 6) is -0.684. The Bertz CT molecular complexity index is 639. The first-order valence-electron chi connectivity index (χ1n) is 5.39. The highest BCUT2D eigenvalue weighted by molar-refractivity contribution is 5.94. The molecule has 0 aromatic carbocycles. The van der Waals surface area contributed by atoms with E-state index in [1.807, 2.05) is 0 Å². The van der Waals surface area contributed by atoms with E-state index in [4.69, 9.17) is 0 Å². The molecule has 0 aliphatic heterocycles. The summed E-state index contributed by atoms with van der Waals surface area (Å²) >= 11 is 0. The smallest absolute Gasteiger partial charge is 0.265 e. The average molecular weight is 272 g/mol. The van der Waals surface area contributed by atoms with Crippen molar-refractivity contribution in [2.45, 2.75) is 20.0 Å². The van der Waals surface area contributed by atoms with Crippen molar-refractivity contribution in [3.8, 4) is 0 Å². The summed E-state index contributed by atoms with van der Waals surface area (Å²) < 4.78 is 39.5. The van der Waals surface area contributed by atoms with Crippen molar-refractivity contribution in [1.82, 2.24) is 19.6 Å². The van der Waals surface area contributed by atoms with Crippen LogP contribution in [0, 0.1) is 13.8 Å². The topological polar surface area (TPSA) is 52.7 Å². The van der Waals surface area contributed by atoms with Gasteiger partial charge in [0.25, 0.3) is 5.91 Å². The number of nitrogens with zero attached hydrogens (tertiary/aromatic N) is 4. The molecule has 0 aliphatic rings. The van der Waals surface area contributed by atoms with Gasteiger partial charge in [-0.2, -0.15) is 28.1 Å². The number of rotatable bonds is 1. The molecular weight excluding hydrogens is 261 g/mol. The summed E-state index contributed by atoms with van der Waals surface area (Å²) in [5, 5.41) is 7.51. The molecule has 0 bridgehead atoms. The molecule has 0 spiro atoms. The van der Waals surface area contributed by atoms with Gasteiger partial charge >= 0.3 is 6.18 Å². The molecule has 2 heterocycles. The van der Waals surface area contributed by atoms with Crippen LogP contribution in [0.5, 0.6) is 0 Å². The molecule has 2 aromatic heterocycles. The van der Waals surface area contributed by atoms with Crippen molar-refractivity contribution in [3.63, 3.8) is 0 Å². The van der Waals surface area contributed by atoms with Crippen LogP contribution in [0.15, 0.2) is 12.1 Å². The second kappa shape index (κ2) is 4.22. The SMILES string of the molecule is Cc1cc(C)n(C(=O)c2cc(C(F)(F)F)n(C)n2)n1. The Morgan fingerprint density at radius 1 is 1.21 bits per heavy atom. The Hall–Kier alpha value is -2.12. The van der Waals surface area contributed by atoms with Crippen LogP contribution in [0.1, 0.15) is 27.6 Å². The van der Waals surface area contributed by atoms with Gasteiger partial charge in [-0.15, -0.1) is 0 Å². The molecule has 0 radical (unpaired) electrons. The van der Waals surface area contributed by atoms with Gasteiger partial charge in [0.05, 0.1) is 5.69 Å². The van der Waals surface area contributed by atoms with Crippen LogP contribution in [0.2, 0.25) is 0 Å². The van der Waals surface area contributed by atoms with Gasteiger partial charge in [-0.05, 0) is 19.9 Å². The molecule has 0 saturated carbocycles. The zero-order chi connectivity index (χ0) is 14.4. The molecule has 102 valence electrons. The van der Waals surface area contributed by atoms with Gasteiger partial charge < -0.3 is 0 Å². The third-order valence-electron chi connectivity index (χ3n) is 2.59. The molecule has 0 unspecified atom stereocenters. The molecule has 2 aromatic rings. The van der Waals surface area contributed by atoms with Crippen LogP contribution in [0.25, 0.3) is 0 Å². The third-order valence-corrected chi connectivity index (χ3v) is 2.59. The minimum atomic E-state index is -4.55. The molecule has 8 heteroatoms. The maximum atomic E-state index is 12.6. The van der Waals surface area contributed by atoms with Crippen LogP contribution in [-0.2, 0) is 13.2 Å². The highest BCUT2D eigenvalue weighted by Crippen LogP contribution is 2.29. The van der Waals surface area contributed by atoms with E-state index < -0.39 is 17.8 Å². The van der Waals surface area contributed by atoms with Gasteiger partial charge in [0.1, 0.15) is 5.69 Å². The van der Waals surface area contributed by atoms with E-state index in [2.05, 4.69) is 10.2 Å². The Labute approximate surface area is 106 Å². The number of hydrogen-bond donors (Lipinski definition) is 0. The van der Waals surface area contributed by atoms with Crippen LogP contribution in [0.3, 0.4) is 0 Å². The van der Waals surface area contributed by atoms with Crippen LogP contribution < -0.4 is 0 Å². The zero-order valence-electron chi connectivity index (χ0n) is 10.5. The predicted molar refractivity (Wildman–Crippen MR) is 59.6 cm³/mol. The fraction of sp³-hybridized carbons (Fsp3) is 0.364. The maximum Gasteiger partial charge on any atom is 0.433 e. The largest absolute Gasteiger partial charge is 0.433 e. The number of carbonyl (C=O) groups excluding carboxylic acids is 1. The van der Waals surface area contributed by atoms with Crippen molar-refractivity contribution >= 4 is 5.91 Å². The van der Waals surface area contributed by atoms with Gasteiger partial charge in [-0.25, -0.2) is 0 Å². The third kappa shape index (κ3) is 2.38. The minimum absolute atomic E-state index is 0.291. The highest BCUT2D eigenvalue weighted by Gasteiger charge is 2.36. The summed E-state index contributed by atoms with van der Waals surface area (Å²) in [4.78, 5) is 12.0. The van der Waals surface area contributed by atoms with E-state index >= 15 is 0 Å².